The molecule has 1 aromatic rings. The van der Waals surface area contributed by atoms with Gasteiger partial charge in [0.15, 0.2) is 15.4 Å². The molecule has 0 unspecified atom stereocenters. The van der Waals surface area contributed by atoms with Crippen molar-refractivity contribution >= 4 is 31.7 Å². The summed E-state index contributed by atoms with van der Waals surface area (Å²) in [5.41, 5.74) is -2.37. The Balaban J connectivity index is 2.54. The molecule has 2 rings (SSSR count). The summed E-state index contributed by atoms with van der Waals surface area (Å²) in [6.07, 6.45) is -5.68. The molecule has 24 heavy (non-hydrogen) atoms. The molecule has 0 saturated heterocycles. The van der Waals surface area contributed by atoms with Gasteiger partial charge in [0.2, 0.25) is 5.76 Å². The highest BCUT2D eigenvalue weighted by Crippen LogP contribution is 2.43. The van der Waals surface area contributed by atoms with Crippen LogP contribution in [0.25, 0.3) is 0 Å². The average molecular weight is 429 g/mol. The van der Waals surface area contributed by atoms with E-state index in [0.29, 0.717) is 10.7 Å². The highest BCUT2D eigenvalue weighted by atomic mass is 79.9. The molecule has 0 aliphatic carbocycles. The summed E-state index contributed by atoms with van der Waals surface area (Å²) in [7, 11) is -4.19. The van der Waals surface area contributed by atoms with Crippen LogP contribution >= 0.6 is 15.9 Å². The summed E-state index contributed by atoms with van der Waals surface area (Å²) in [5.74, 6) is -1.93. The van der Waals surface area contributed by atoms with Crippen LogP contribution in [0, 0.1) is 0 Å². The van der Waals surface area contributed by atoms with E-state index in [-0.39, 0.29) is 5.75 Å². The number of cyclic esters (lactones) is 1. The van der Waals surface area contributed by atoms with Crippen molar-refractivity contribution in [3.8, 4) is 5.75 Å². The van der Waals surface area contributed by atoms with E-state index in [2.05, 4.69) is 15.9 Å². The van der Waals surface area contributed by atoms with Crippen LogP contribution in [0.15, 0.2) is 39.4 Å². The second kappa shape index (κ2) is 6.07. The van der Waals surface area contributed by atoms with Crippen LogP contribution in [0.2, 0.25) is 0 Å². The summed E-state index contributed by atoms with van der Waals surface area (Å²) in [5, 5.41) is 0. The molecular formula is C14H12BrF3O5S. The second-order valence-electron chi connectivity index (χ2n) is 5.40. The quantitative estimate of drug-likeness (QED) is 0.687. The lowest BCUT2D eigenvalue weighted by atomic mass is 10.0. The van der Waals surface area contributed by atoms with Crippen molar-refractivity contribution in [2.24, 2.45) is 0 Å². The van der Waals surface area contributed by atoms with E-state index in [1.807, 2.05) is 0 Å². The molecule has 0 bridgehead atoms. The molecule has 0 fully saturated rings. The van der Waals surface area contributed by atoms with Gasteiger partial charge in [-0.05, 0) is 31.2 Å². The molecule has 5 nitrogen and oxygen atoms in total. The van der Waals surface area contributed by atoms with Gasteiger partial charge in [0.05, 0.1) is 6.42 Å². The van der Waals surface area contributed by atoms with Gasteiger partial charge in [0, 0.05) is 10.7 Å². The first-order chi connectivity index (χ1) is 10.8. The van der Waals surface area contributed by atoms with Gasteiger partial charge in [0.1, 0.15) is 10.7 Å². The maximum Gasteiger partial charge on any atom is 0.393 e. The fraction of sp³-hybridized carbons (Fsp3) is 0.357. The van der Waals surface area contributed by atoms with Gasteiger partial charge in [-0.1, -0.05) is 15.9 Å². The van der Waals surface area contributed by atoms with E-state index < -0.39 is 44.7 Å². The van der Waals surface area contributed by atoms with Crippen LogP contribution in [0.3, 0.4) is 0 Å². The number of sulfone groups is 1. The molecule has 0 radical (unpaired) electrons. The molecule has 1 aliphatic heterocycles. The highest BCUT2D eigenvalue weighted by molar-refractivity contribution is 9.10. The van der Waals surface area contributed by atoms with E-state index in [4.69, 9.17) is 9.47 Å². The van der Waals surface area contributed by atoms with E-state index in [1.54, 1.807) is 12.1 Å². The third kappa shape index (κ3) is 4.10. The molecule has 0 aromatic heterocycles. The number of ether oxygens (including phenoxy) is 2. The van der Waals surface area contributed by atoms with Gasteiger partial charge in [0.25, 0.3) is 0 Å². The first-order valence-corrected chi connectivity index (χ1v) is 9.19. The third-order valence-electron chi connectivity index (χ3n) is 3.13. The average Bonchev–Trinajstić information content (AvgIpc) is 2.60. The monoisotopic (exact) mass is 428 g/mol. The van der Waals surface area contributed by atoms with Crippen molar-refractivity contribution in [3.63, 3.8) is 0 Å². The van der Waals surface area contributed by atoms with E-state index >= 15 is 0 Å². The van der Waals surface area contributed by atoms with E-state index in [0.717, 1.165) is 6.92 Å². The Morgan fingerprint density at radius 3 is 2.25 bits per heavy atom. The van der Waals surface area contributed by atoms with Gasteiger partial charge in [-0.15, -0.1) is 0 Å². The number of hydrogen-bond acceptors (Lipinski definition) is 5. The summed E-state index contributed by atoms with van der Waals surface area (Å²) >= 11 is 3.18. The smallest absolute Gasteiger partial charge is 0.393 e. The van der Waals surface area contributed by atoms with Gasteiger partial charge in [-0.25, -0.2) is 13.2 Å². The molecule has 10 heteroatoms. The number of hydrogen-bond donors (Lipinski definition) is 0. The third-order valence-corrected chi connectivity index (χ3v) is 5.02. The Bertz CT molecular complexity index is 799. The maximum atomic E-state index is 12.8. The zero-order chi connectivity index (χ0) is 18.3. The van der Waals surface area contributed by atoms with Crippen LogP contribution in [-0.4, -0.2) is 32.4 Å². The number of alkyl halides is 3. The summed E-state index contributed by atoms with van der Waals surface area (Å²) in [6.45, 7) is 0.896. The Hall–Kier alpha value is -1.55. The number of benzene rings is 1. The predicted octanol–water partition coefficient (Wildman–Crippen LogP) is 3.35. The standard InChI is InChI=1S/C14H12BrF3O5S/c1-13(7-14(16,17)18)11(24(2,20)21)10(12(19)23-13)22-9-5-3-8(15)4-6-9/h3-6H,7H2,1-2H3/t13-/m1/s1. The van der Waals surface area contributed by atoms with Crippen molar-refractivity contribution < 1.29 is 35.9 Å². The van der Waals surface area contributed by atoms with Crippen molar-refractivity contribution in [2.75, 3.05) is 6.26 Å². The summed E-state index contributed by atoms with van der Waals surface area (Å²) in [6, 6.07) is 5.96. The second-order valence-corrected chi connectivity index (χ2v) is 8.27. The minimum atomic E-state index is -4.74. The van der Waals surface area contributed by atoms with Gasteiger partial charge < -0.3 is 9.47 Å². The lowest BCUT2D eigenvalue weighted by molar-refractivity contribution is -0.177. The molecule has 132 valence electrons. The first-order valence-electron chi connectivity index (χ1n) is 6.50. The van der Waals surface area contributed by atoms with Gasteiger partial charge in [-0.2, -0.15) is 13.2 Å². The SMILES string of the molecule is C[C@]1(CC(F)(F)F)OC(=O)C(Oc2ccc(Br)cc2)=C1S(C)(=O)=O. The molecule has 1 aliphatic rings. The largest absolute Gasteiger partial charge is 0.449 e. The predicted molar refractivity (Wildman–Crippen MR) is 81.8 cm³/mol. The minimum Gasteiger partial charge on any atom is -0.449 e. The van der Waals surface area contributed by atoms with Crippen molar-refractivity contribution in [1.29, 1.82) is 0 Å². The Morgan fingerprint density at radius 2 is 1.79 bits per heavy atom. The van der Waals surface area contributed by atoms with Crippen LogP contribution < -0.4 is 4.74 Å². The number of carbonyl (C=O) groups is 1. The fourth-order valence-electron chi connectivity index (χ4n) is 2.40. The molecule has 0 amide bonds. The molecule has 0 spiro atoms. The number of esters is 1. The number of rotatable bonds is 4. The van der Waals surface area contributed by atoms with E-state index in [1.165, 1.54) is 12.1 Å². The highest BCUT2D eigenvalue weighted by Gasteiger charge is 2.55. The van der Waals surface area contributed by atoms with Gasteiger partial charge >= 0.3 is 12.1 Å². The summed E-state index contributed by atoms with van der Waals surface area (Å²) in [4.78, 5) is 11.1. The van der Waals surface area contributed by atoms with Gasteiger partial charge in [-0.3, -0.25) is 0 Å². The first kappa shape index (κ1) is 18.8. The normalized spacial score (nSPS) is 21.8. The molecule has 0 N–H and O–H groups in total. The van der Waals surface area contributed by atoms with Crippen LogP contribution in [0.4, 0.5) is 13.2 Å². The minimum absolute atomic E-state index is 0.0857. The molecule has 1 atom stereocenters. The van der Waals surface area contributed by atoms with Crippen LogP contribution in [-0.2, 0) is 19.4 Å². The lowest BCUT2D eigenvalue weighted by Gasteiger charge is -2.26. The molecular weight excluding hydrogens is 417 g/mol. The van der Waals surface area contributed by atoms with Crippen LogP contribution in [0.1, 0.15) is 13.3 Å². The molecule has 1 aromatic carbocycles. The van der Waals surface area contributed by atoms with Crippen LogP contribution in [0.5, 0.6) is 5.75 Å². The molecule has 1 heterocycles. The number of carbonyl (C=O) groups excluding carboxylic acids is 1. The Morgan fingerprint density at radius 1 is 1.25 bits per heavy atom. The summed E-state index contributed by atoms with van der Waals surface area (Å²) < 4.78 is 73.0. The van der Waals surface area contributed by atoms with E-state index in [9.17, 15) is 26.4 Å². The molecule has 0 saturated carbocycles. The Labute approximate surface area is 144 Å². The lowest BCUT2D eigenvalue weighted by Crippen LogP contribution is -2.36. The number of halogens is 4. The van der Waals surface area contributed by atoms with Crippen molar-refractivity contribution in [1.82, 2.24) is 0 Å². The topological polar surface area (TPSA) is 69.7 Å². The van der Waals surface area contributed by atoms with Crippen molar-refractivity contribution in [2.45, 2.75) is 25.1 Å². The maximum absolute atomic E-state index is 12.8. The van der Waals surface area contributed by atoms with Crippen molar-refractivity contribution in [3.05, 3.63) is 39.4 Å². The zero-order valence-electron chi connectivity index (χ0n) is 12.5. The Kier molecular flexibility index (Phi) is 4.75. The fourth-order valence-corrected chi connectivity index (χ4v) is 4.02. The zero-order valence-corrected chi connectivity index (χ0v) is 14.9.